The van der Waals surface area contributed by atoms with E-state index in [9.17, 15) is 18.0 Å². The Morgan fingerprint density at radius 1 is 1.29 bits per heavy atom. The number of alkyl halides is 3. The first-order valence-corrected chi connectivity index (χ1v) is 6.53. The van der Waals surface area contributed by atoms with Crippen LogP contribution in [0.3, 0.4) is 0 Å². The Morgan fingerprint density at radius 2 is 2.05 bits per heavy atom. The van der Waals surface area contributed by atoms with Crippen LogP contribution >= 0.6 is 0 Å². The molecule has 1 aliphatic heterocycles. The molecule has 4 atom stereocenters. The number of halogens is 3. The standard InChI is InChI=1S/C14H13F3O4/c1-7-19-12-10(6-11(18)13(12)20-7)8-3-2-4-9(5-8)21-14(15,16)17/h2-5,7,10,12-13H,6H2,1H3/t7?,10-,12-,13+/m1/s1. The molecule has 7 heteroatoms. The average molecular weight is 302 g/mol. The Balaban J connectivity index is 1.84. The van der Waals surface area contributed by atoms with E-state index >= 15 is 0 Å². The Hall–Kier alpha value is -1.60. The average Bonchev–Trinajstić information content (AvgIpc) is 2.87. The van der Waals surface area contributed by atoms with Crippen LogP contribution in [0.5, 0.6) is 5.75 Å². The number of rotatable bonds is 2. The minimum Gasteiger partial charge on any atom is -0.406 e. The molecule has 1 heterocycles. The third-order valence-electron chi connectivity index (χ3n) is 3.64. The van der Waals surface area contributed by atoms with Gasteiger partial charge < -0.3 is 14.2 Å². The monoisotopic (exact) mass is 302 g/mol. The Kier molecular flexibility index (Phi) is 3.41. The predicted molar refractivity (Wildman–Crippen MR) is 64.7 cm³/mol. The van der Waals surface area contributed by atoms with Crippen molar-refractivity contribution in [2.75, 3.05) is 0 Å². The van der Waals surface area contributed by atoms with Crippen molar-refractivity contribution in [2.45, 2.75) is 44.1 Å². The number of carbonyl (C=O) groups excluding carboxylic acids is 1. The first-order valence-electron chi connectivity index (χ1n) is 6.53. The quantitative estimate of drug-likeness (QED) is 0.842. The van der Waals surface area contributed by atoms with Crippen LogP contribution in [0.4, 0.5) is 13.2 Å². The lowest BCUT2D eigenvalue weighted by Crippen LogP contribution is -2.24. The third kappa shape index (κ3) is 2.89. The van der Waals surface area contributed by atoms with Crippen molar-refractivity contribution in [1.82, 2.24) is 0 Å². The number of carbonyl (C=O) groups is 1. The summed E-state index contributed by atoms with van der Waals surface area (Å²) in [6, 6.07) is 5.64. The van der Waals surface area contributed by atoms with Crippen molar-refractivity contribution >= 4 is 5.78 Å². The number of fused-ring (bicyclic) bond motifs is 1. The topological polar surface area (TPSA) is 44.8 Å². The van der Waals surface area contributed by atoms with Gasteiger partial charge >= 0.3 is 6.36 Å². The van der Waals surface area contributed by atoms with E-state index < -0.39 is 24.9 Å². The normalized spacial score (nSPS) is 32.3. The second-order valence-corrected chi connectivity index (χ2v) is 5.12. The highest BCUT2D eigenvalue weighted by atomic mass is 19.4. The molecule has 1 aliphatic carbocycles. The fourth-order valence-corrected chi connectivity index (χ4v) is 2.87. The maximum Gasteiger partial charge on any atom is 0.573 e. The van der Waals surface area contributed by atoms with Crippen molar-refractivity contribution in [3.8, 4) is 5.75 Å². The van der Waals surface area contributed by atoms with Gasteiger partial charge in [0, 0.05) is 12.3 Å². The van der Waals surface area contributed by atoms with E-state index in [2.05, 4.69) is 4.74 Å². The van der Waals surface area contributed by atoms with Crippen LogP contribution < -0.4 is 4.74 Å². The summed E-state index contributed by atoms with van der Waals surface area (Å²) in [4.78, 5) is 11.9. The van der Waals surface area contributed by atoms with E-state index in [0.29, 0.717) is 5.56 Å². The fourth-order valence-electron chi connectivity index (χ4n) is 2.87. The van der Waals surface area contributed by atoms with Crippen molar-refractivity contribution in [2.24, 2.45) is 0 Å². The number of ketones is 1. The summed E-state index contributed by atoms with van der Waals surface area (Å²) in [5.74, 6) is -0.705. The molecule has 1 saturated carbocycles. The summed E-state index contributed by atoms with van der Waals surface area (Å²) in [6.45, 7) is 1.69. The largest absolute Gasteiger partial charge is 0.573 e. The third-order valence-corrected chi connectivity index (χ3v) is 3.64. The van der Waals surface area contributed by atoms with Crippen LogP contribution in [-0.4, -0.2) is 30.6 Å². The van der Waals surface area contributed by atoms with Crippen LogP contribution in [0.15, 0.2) is 24.3 Å². The van der Waals surface area contributed by atoms with Gasteiger partial charge in [0.25, 0.3) is 0 Å². The van der Waals surface area contributed by atoms with Gasteiger partial charge in [0.05, 0.1) is 0 Å². The molecule has 0 aromatic heterocycles. The van der Waals surface area contributed by atoms with Gasteiger partial charge in [-0.25, -0.2) is 0 Å². The lowest BCUT2D eigenvalue weighted by Gasteiger charge is -2.18. The van der Waals surface area contributed by atoms with Crippen LogP contribution in [0.25, 0.3) is 0 Å². The van der Waals surface area contributed by atoms with Gasteiger partial charge in [0.2, 0.25) is 0 Å². The summed E-state index contributed by atoms with van der Waals surface area (Å²) < 4.78 is 51.6. The molecule has 0 N–H and O–H groups in total. The lowest BCUT2D eigenvalue weighted by molar-refractivity contribution is -0.274. The number of benzene rings is 1. The first-order chi connectivity index (χ1) is 9.83. The fraction of sp³-hybridized carbons (Fsp3) is 0.500. The summed E-state index contributed by atoms with van der Waals surface area (Å²) in [5.41, 5.74) is 0.579. The zero-order valence-corrected chi connectivity index (χ0v) is 11.1. The van der Waals surface area contributed by atoms with E-state index in [-0.39, 0.29) is 23.9 Å². The SMILES string of the molecule is CC1O[C@@H]2[C@@H](c3cccc(OC(F)(F)F)c3)CC(=O)[C@@H]2O1. The molecule has 3 rings (SSSR count). The summed E-state index contributed by atoms with van der Waals surface area (Å²) in [7, 11) is 0. The van der Waals surface area contributed by atoms with Crippen molar-refractivity contribution in [3.05, 3.63) is 29.8 Å². The van der Waals surface area contributed by atoms with Crippen LogP contribution in [0, 0.1) is 0 Å². The summed E-state index contributed by atoms with van der Waals surface area (Å²) in [5, 5.41) is 0. The molecule has 0 radical (unpaired) electrons. The molecule has 1 unspecified atom stereocenters. The Morgan fingerprint density at radius 3 is 2.76 bits per heavy atom. The molecule has 2 fully saturated rings. The number of ether oxygens (including phenoxy) is 3. The molecular weight excluding hydrogens is 289 g/mol. The zero-order chi connectivity index (χ0) is 15.2. The maximum atomic E-state index is 12.3. The van der Waals surface area contributed by atoms with Crippen LogP contribution in [0.1, 0.15) is 24.8 Å². The van der Waals surface area contributed by atoms with Gasteiger partial charge in [-0.2, -0.15) is 0 Å². The molecular formula is C14H13F3O4. The van der Waals surface area contributed by atoms with Gasteiger partial charge in [-0.1, -0.05) is 12.1 Å². The van der Waals surface area contributed by atoms with Gasteiger partial charge in [0.1, 0.15) is 18.0 Å². The molecule has 1 saturated heterocycles. The predicted octanol–water partition coefficient (Wildman–Crippen LogP) is 2.77. The molecule has 4 nitrogen and oxygen atoms in total. The van der Waals surface area contributed by atoms with E-state index in [0.717, 1.165) is 0 Å². The molecule has 0 bridgehead atoms. The van der Waals surface area contributed by atoms with E-state index in [1.165, 1.54) is 18.2 Å². The smallest absolute Gasteiger partial charge is 0.406 e. The molecule has 1 aromatic carbocycles. The van der Waals surface area contributed by atoms with E-state index in [4.69, 9.17) is 9.47 Å². The Labute approximate surface area is 118 Å². The minimum absolute atomic E-state index is 0.0866. The molecule has 0 spiro atoms. The molecule has 114 valence electrons. The van der Waals surface area contributed by atoms with E-state index in [1.807, 2.05) is 0 Å². The highest BCUT2D eigenvalue weighted by Crippen LogP contribution is 2.42. The lowest BCUT2D eigenvalue weighted by atomic mass is 9.95. The number of hydrogen-bond acceptors (Lipinski definition) is 4. The maximum absolute atomic E-state index is 12.3. The van der Waals surface area contributed by atoms with Gasteiger partial charge in [-0.15, -0.1) is 13.2 Å². The minimum atomic E-state index is -4.74. The molecule has 1 aromatic rings. The Bertz CT molecular complexity index is 557. The zero-order valence-electron chi connectivity index (χ0n) is 11.1. The summed E-state index contributed by atoms with van der Waals surface area (Å²) in [6.07, 6.45) is -6.11. The molecule has 0 amide bonds. The van der Waals surface area contributed by atoms with Gasteiger partial charge in [-0.3, -0.25) is 4.79 Å². The first kappa shape index (κ1) is 14.3. The molecule has 2 aliphatic rings. The molecule has 21 heavy (non-hydrogen) atoms. The number of Topliss-reactive ketones (excluding diaryl/α,β-unsaturated/α-hetero) is 1. The van der Waals surface area contributed by atoms with Crippen LogP contribution in [0.2, 0.25) is 0 Å². The second-order valence-electron chi connectivity index (χ2n) is 5.12. The van der Waals surface area contributed by atoms with Gasteiger partial charge in [0.15, 0.2) is 12.1 Å². The van der Waals surface area contributed by atoms with Crippen molar-refractivity contribution < 1.29 is 32.2 Å². The van der Waals surface area contributed by atoms with Crippen molar-refractivity contribution in [1.29, 1.82) is 0 Å². The summed E-state index contributed by atoms with van der Waals surface area (Å²) >= 11 is 0. The van der Waals surface area contributed by atoms with Crippen LogP contribution in [-0.2, 0) is 14.3 Å². The highest BCUT2D eigenvalue weighted by molar-refractivity contribution is 5.88. The highest BCUT2D eigenvalue weighted by Gasteiger charge is 2.50. The second kappa shape index (κ2) is 4.99. The van der Waals surface area contributed by atoms with Crippen molar-refractivity contribution in [3.63, 3.8) is 0 Å². The number of hydrogen-bond donors (Lipinski definition) is 0. The van der Waals surface area contributed by atoms with E-state index in [1.54, 1.807) is 13.0 Å². The van der Waals surface area contributed by atoms with Gasteiger partial charge in [-0.05, 0) is 24.6 Å².